The summed E-state index contributed by atoms with van der Waals surface area (Å²) >= 11 is 0. The minimum absolute atomic E-state index is 0.169. The van der Waals surface area contributed by atoms with Gasteiger partial charge >= 0.3 is 5.97 Å². The molecule has 0 fully saturated rings. The number of amides is 1. The molecule has 0 atom stereocenters. The van der Waals surface area contributed by atoms with E-state index in [1.54, 1.807) is 6.92 Å². The first-order valence-corrected chi connectivity index (χ1v) is 9.26. The molecule has 4 rings (SSSR count). The van der Waals surface area contributed by atoms with Crippen LogP contribution in [0.25, 0.3) is 5.69 Å². The molecular formula is C21H21N3O4. The summed E-state index contributed by atoms with van der Waals surface area (Å²) in [5.41, 5.74) is 5.16. The number of fused-ring (bicyclic) bond motifs is 1. The molecule has 1 aliphatic carbocycles. The number of aryl methyl sites for hydroxylation is 1. The van der Waals surface area contributed by atoms with Gasteiger partial charge in [0.05, 0.1) is 29.8 Å². The Morgan fingerprint density at radius 1 is 1.25 bits per heavy atom. The van der Waals surface area contributed by atoms with E-state index in [4.69, 9.17) is 14.6 Å². The number of carboxylic acid groups (broad SMARTS) is 1. The quantitative estimate of drug-likeness (QED) is 0.686. The van der Waals surface area contributed by atoms with Gasteiger partial charge in [-0.25, -0.2) is 4.68 Å². The minimum atomic E-state index is -1.04. The molecule has 3 aromatic rings. The zero-order valence-corrected chi connectivity index (χ0v) is 15.6. The number of hydrogen-bond acceptors (Lipinski definition) is 4. The zero-order chi connectivity index (χ0) is 19.7. The van der Waals surface area contributed by atoms with E-state index in [-0.39, 0.29) is 24.6 Å². The van der Waals surface area contributed by atoms with Crippen molar-refractivity contribution in [2.45, 2.75) is 39.2 Å². The highest BCUT2D eigenvalue weighted by Gasteiger charge is 2.25. The molecule has 144 valence electrons. The number of carboxylic acids is 1. The van der Waals surface area contributed by atoms with Gasteiger partial charge in [0.25, 0.3) is 5.91 Å². The summed E-state index contributed by atoms with van der Waals surface area (Å²) in [5.74, 6) is -1.21. The number of nitrogens with one attached hydrogen (secondary N) is 1. The van der Waals surface area contributed by atoms with E-state index >= 15 is 0 Å². The van der Waals surface area contributed by atoms with Crippen LogP contribution >= 0.6 is 0 Å². The maximum absolute atomic E-state index is 12.7. The number of hydrogen-bond donors (Lipinski definition) is 2. The molecule has 0 saturated heterocycles. The first kappa shape index (κ1) is 18.0. The Balaban J connectivity index is 1.56. The van der Waals surface area contributed by atoms with Gasteiger partial charge in [-0.2, -0.15) is 5.10 Å². The predicted molar refractivity (Wildman–Crippen MR) is 102 cm³/mol. The van der Waals surface area contributed by atoms with Gasteiger partial charge in [-0.1, -0.05) is 18.2 Å². The Labute approximate surface area is 162 Å². The topological polar surface area (TPSA) is 97.4 Å². The molecule has 7 nitrogen and oxygen atoms in total. The SMILES string of the molecule is Cc1coc(CC(=O)O)c1C(=O)NCc1nn(-c2ccccc2)c2c1CCC2. The van der Waals surface area contributed by atoms with E-state index in [1.165, 1.54) is 17.5 Å². The number of furan rings is 1. The van der Waals surface area contributed by atoms with Crippen molar-refractivity contribution in [3.63, 3.8) is 0 Å². The standard InChI is InChI=1S/C21H21N3O4/c1-13-12-28-18(10-19(25)26)20(13)21(27)22-11-16-15-8-5-9-17(15)24(23-16)14-6-3-2-4-7-14/h2-4,6-7,12H,5,8-11H2,1H3,(H,22,27)(H,25,26). The Morgan fingerprint density at radius 3 is 2.79 bits per heavy atom. The van der Waals surface area contributed by atoms with Crippen LogP contribution < -0.4 is 5.32 Å². The lowest BCUT2D eigenvalue weighted by atomic mass is 10.1. The minimum Gasteiger partial charge on any atom is -0.481 e. The molecule has 2 N–H and O–H groups in total. The van der Waals surface area contributed by atoms with Crippen molar-refractivity contribution in [3.05, 3.63) is 70.4 Å². The fourth-order valence-corrected chi connectivity index (χ4v) is 3.76. The van der Waals surface area contributed by atoms with E-state index in [9.17, 15) is 9.59 Å². The second-order valence-electron chi connectivity index (χ2n) is 6.94. The third kappa shape index (κ3) is 3.31. The van der Waals surface area contributed by atoms with Crippen molar-refractivity contribution in [2.75, 3.05) is 0 Å². The average Bonchev–Trinajstić information content (AvgIpc) is 3.36. The average molecular weight is 379 g/mol. The molecule has 1 amide bonds. The number of carbonyl (C=O) groups excluding carboxylic acids is 1. The first-order valence-electron chi connectivity index (χ1n) is 9.26. The molecule has 0 spiro atoms. The lowest BCUT2D eigenvalue weighted by Crippen LogP contribution is -2.25. The van der Waals surface area contributed by atoms with Crippen molar-refractivity contribution < 1.29 is 19.1 Å². The maximum Gasteiger partial charge on any atom is 0.311 e. The summed E-state index contributed by atoms with van der Waals surface area (Å²) in [4.78, 5) is 23.7. The molecule has 0 unspecified atom stereocenters. The summed E-state index contributed by atoms with van der Waals surface area (Å²) in [7, 11) is 0. The Hall–Kier alpha value is -3.35. The molecule has 1 aromatic carbocycles. The highest BCUT2D eigenvalue weighted by atomic mass is 16.4. The normalized spacial score (nSPS) is 12.8. The van der Waals surface area contributed by atoms with Crippen molar-refractivity contribution in [2.24, 2.45) is 0 Å². The van der Waals surface area contributed by atoms with Gasteiger partial charge in [0.1, 0.15) is 12.2 Å². The van der Waals surface area contributed by atoms with Crippen molar-refractivity contribution >= 4 is 11.9 Å². The lowest BCUT2D eigenvalue weighted by molar-refractivity contribution is -0.136. The predicted octanol–water partition coefficient (Wildman–Crippen LogP) is 2.82. The molecule has 7 heteroatoms. The zero-order valence-electron chi connectivity index (χ0n) is 15.6. The van der Waals surface area contributed by atoms with Crippen LogP contribution in [-0.4, -0.2) is 26.8 Å². The van der Waals surface area contributed by atoms with Gasteiger partial charge in [-0.3, -0.25) is 9.59 Å². The van der Waals surface area contributed by atoms with Gasteiger partial charge in [-0.15, -0.1) is 0 Å². The fraction of sp³-hybridized carbons (Fsp3) is 0.286. The van der Waals surface area contributed by atoms with Gasteiger partial charge in [0.15, 0.2) is 0 Å². The maximum atomic E-state index is 12.7. The van der Waals surface area contributed by atoms with Crippen LogP contribution in [0.4, 0.5) is 0 Å². The number of carbonyl (C=O) groups is 2. The molecule has 0 bridgehead atoms. The molecular weight excluding hydrogens is 358 g/mol. The summed E-state index contributed by atoms with van der Waals surface area (Å²) < 4.78 is 7.22. The van der Waals surface area contributed by atoms with Gasteiger partial charge in [0.2, 0.25) is 0 Å². The van der Waals surface area contributed by atoms with Crippen molar-refractivity contribution in [1.82, 2.24) is 15.1 Å². The summed E-state index contributed by atoms with van der Waals surface area (Å²) in [6.45, 7) is 2.02. The van der Waals surface area contributed by atoms with E-state index in [0.29, 0.717) is 11.1 Å². The Kier molecular flexibility index (Phi) is 4.73. The molecule has 28 heavy (non-hydrogen) atoms. The van der Waals surface area contributed by atoms with Crippen LogP contribution in [0.15, 0.2) is 41.0 Å². The highest BCUT2D eigenvalue weighted by molar-refractivity contribution is 5.97. The molecule has 0 radical (unpaired) electrons. The highest BCUT2D eigenvalue weighted by Crippen LogP contribution is 2.28. The van der Waals surface area contributed by atoms with Gasteiger partial charge in [-0.05, 0) is 43.9 Å². The number of aromatic nitrogens is 2. The molecule has 0 saturated carbocycles. The summed E-state index contributed by atoms with van der Waals surface area (Å²) in [5, 5.41) is 16.6. The van der Waals surface area contributed by atoms with E-state index in [2.05, 4.69) is 5.32 Å². The first-order chi connectivity index (χ1) is 13.5. The largest absolute Gasteiger partial charge is 0.481 e. The van der Waals surface area contributed by atoms with Crippen LogP contribution in [0, 0.1) is 6.92 Å². The van der Waals surface area contributed by atoms with E-state index in [0.717, 1.165) is 30.6 Å². The van der Waals surface area contributed by atoms with Crippen LogP contribution in [0.5, 0.6) is 0 Å². The van der Waals surface area contributed by atoms with Crippen LogP contribution in [-0.2, 0) is 30.6 Å². The van der Waals surface area contributed by atoms with Crippen LogP contribution in [0.3, 0.4) is 0 Å². The smallest absolute Gasteiger partial charge is 0.311 e. The third-order valence-corrected chi connectivity index (χ3v) is 5.02. The molecule has 2 aromatic heterocycles. The fourth-order valence-electron chi connectivity index (χ4n) is 3.76. The third-order valence-electron chi connectivity index (χ3n) is 5.02. The van der Waals surface area contributed by atoms with Gasteiger partial charge in [0, 0.05) is 11.3 Å². The Morgan fingerprint density at radius 2 is 2.04 bits per heavy atom. The lowest BCUT2D eigenvalue weighted by Gasteiger charge is -2.06. The number of benzene rings is 1. The summed E-state index contributed by atoms with van der Waals surface area (Å²) in [6.07, 6.45) is 4.07. The summed E-state index contributed by atoms with van der Waals surface area (Å²) in [6, 6.07) is 9.95. The van der Waals surface area contributed by atoms with Crippen LogP contribution in [0.2, 0.25) is 0 Å². The number of nitrogens with zero attached hydrogens (tertiary/aromatic N) is 2. The monoisotopic (exact) mass is 379 g/mol. The van der Waals surface area contributed by atoms with E-state index in [1.807, 2.05) is 35.0 Å². The van der Waals surface area contributed by atoms with Crippen molar-refractivity contribution in [3.8, 4) is 5.69 Å². The van der Waals surface area contributed by atoms with Crippen LogP contribution in [0.1, 0.15) is 45.1 Å². The molecule has 1 aliphatic rings. The molecule has 2 heterocycles. The second kappa shape index (κ2) is 7.34. The van der Waals surface area contributed by atoms with E-state index < -0.39 is 5.97 Å². The number of aliphatic carboxylic acids is 1. The van der Waals surface area contributed by atoms with Gasteiger partial charge < -0.3 is 14.8 Å². The Bertz CT molecular complexity index is 1030. The second-order valence-corrected chi connectivity index (χ2v) is 6.94. The number of rotatable bonds is 6. The van der Waals surface area contributed by atoms with Crippen molar-refractivity contribution in [1.29, 1.82) is 0 Å². The number of para-hydroxylation sites is 1. The molecule has 0 aliphatic heterocycles.